The van der Waals surface area contributed by atoms with Crippen LogP contribution in [0.1, 0.15) is 44.9 Å². The maximum Gasteiger partial charge on any atom is 0.0524 e. The van der Waals surface area contributed by atoms with E-state index in [0.717, 1.165) is 11.0 Å². The third-order valence-corrected chi connectivity index (χ3v) is 4.25. The van der Waals surface area contributed by atoms with Crippen molar-refractivity contribution in [3.8, 4) is 0 Å². The van der Waals surface area contributed by atoms with E-state index >= 15 is 0 Å². The van der Waals surface area contributed by atoms with Crippen molar-refractivity contribution in [3.63, 3.8) is 0 Å². The molecular formula is C16H23BrN2. The number of aromatic nitrogens is 1. The molecule has 0 saturated heterocycles. The van der Waals surface area contributed by atoms with Gasteiger partial charge in [0.05, 0.1) is 5.52 Å². The SMILES string of the molecule is Cc1c(Br)ccc2c([C@@H](C)N)cn(CC(C)(C)C)c12. The van der Waals surface area contributed by atoms with E-state index in [1.54, 1.807) is 0 Å². The summed E-state index contributed by atoms with van der Waals surface area (Å²) in [5, 5.41) is 1.28. The van der Waals surface area contributed by atoms with Gasteiger partial charge in [-0.1, -0.05) is 42.8 Å². The molecule has 2 nitrogen and oxygen atoms in total. The lowest BCUT2D eigenvalue weighted by Gasteiger charge is -2.20. The van der Waals surface area contributed by atoms with Crippen molar-refractivity contribution in [2.45, 2.75) is 47.2 Å². The summed E-state index contributed by atoms with van der Waals surface area (Å²) in [5.74, 6) is 0. The quantitative estimate of drug-likeness (QED) is 0.847. The van der Waals surface area contributed by atoms with E-state index in [4.69, 9.17) is 5.73 Å². The van der Waals surface area contributed by atoms with Gasteiger partial charge in [0.25, 0.3) is 0 Å². The van der Waals surface area contributed by atoms with Gasteiger partial charge in [-0.15, -0.1) is 0 Å². The molecule has 0 aliphatic heterocycles. The molecule has 19 heavy (non-hydrogen) atoms. The van der Waals surface area contributed by atoms with Crippen molar-refractivity contribution in [2.24, 2.45) is 11.1 Å². The maximum absolute atomic E-state index is 6.12. The molecule has 0 unspecified atom stereocenters. The van der Waals surface area contributed by atoms with Crippen LogP contribution < -0.4 is 5.73 Å². The van der Waals surface area contributed by atoms with Crippen LogP contribution in [0.15, 0.2) is 22.8 Å². The van der Waals surface area contributed by atoms with Crippen LogP contribution in [0.4, 0.5) is 0 Å². The molecule has 0 bridgehead atoms. The highest BCUT2D eigenvalue weighted by atomic mass is 79.9. The van der Waals surface area contributed by atoms with Crippen LogP contribution >= 0.6 is 15.9 Å². The second kappa shape index (κ2) is 4.95. The van der Waals surface area contributed by atoms with Crippen molar-refractivity contribution >= 4 is 26.8 Å². The lowest BCUT2D eigenvalue weighted by atomic mass is 9.97. The Kier molecular flexibility index (Phi) is 3.80. The zero-order valence-electron chi connectivity index (χ0n) is 12.4. The summed E-state index contributed by atoms with van der Waals surface area (Å²) in [6.45, 7) is 12.0. The minimum absolute atomic E-state index is 0.0595. The fourth-order valence-electron chi connectivity index (χ4n) is 2.58. The minimum Gasteiger partial charge on any atom is -0.346 e. The molecule has 3 heteroatoms. The van der Waals surface area contributed by atoms with Crippen LogP contribution in [0.5, 0.6) is 0 Å². The molecule has 0 aliphatic rings. The summed E-state index contributed by atoms with van der Waals surface area (Å²) in [6, 6.07) is 4.35. The van der Waals surface area contributed by atoms with Crippen molar-refractivity contribution < 1.29 is 0 Å². The first-order valence-electron chi connectivity index (χ1n) is 6.74. The predicted molar refractivity (Wildman–Crippen MR) is 86.4 cm³/mol. The Morgan fingerprint density at radius 2 is 1.95 bits per heavy atom. The molecule has 0 aliphatic carbocycles. The number of halogens is 1. The molecular weight excluding hydrogens is 300 g/mol. The van der Waals surface area contributed by atoms with Gasteiger partial charge in [0.2, 0.25) is 0 Å². The van der Waals surface area contributed by atoms with Crippen LogP contribution in [0.3, 0.4) is 0 Å². The van der Waals surface area contributed by atoms with Crippen LogP contribution in [0.2, 0.25) is 0 Å². The Labute approximate surface area is 124 Å². The lowest BCUT2D eigenvalue weighted by Crippen LogP contribution is -2.15. The highest BCUT2D eigenvalue weighted by molar-refractivity contribution is 9.10. The zero-order valence-corrected chi connectivity index (χ0v) is 14.0. The van der Waals surface area contributed by atoms with Gasteiger partial charge in [-0.3, -0.25) is 0 Å². The van der Waals surface area contributed by atoms with Crippen LogP contribution in [0, 0.1) is 12.3 Å². The molecule has 1 heterocycles. The molecule has 1 aromatic carbocycles. The first-order valence-corrected chi connectivity index (χ1v) is 7.53. The van der Waals surface area contributed by atoms with Gasteiger partial charge < -0.3 is 10.3 Å². The molecule has 2 N–H and O–H groups in total. The standard InChI is InChI=1S/C16H23BrN2/c1-10-14(17)7-6-12-13(11(2)18)8-19(15(10)12)9-16(3,4)5/h6-8,11H,9,18H2,1-5H3/t11-/m1/s1. The lowest BCUT2D eigenvalue weighted by molar-refractivity contribution is 0.349. The molecule has 2 rings (SSSR count). The fraction of sp³-hybridized carbons (Fsp3) is 0.500. The van der Waals surface area contributed by atoms with E-state index < -0.39 is 0 Å². The summed E-state index contributed by atoms with van der Waals surface area (Å²) < 4.78 is 3.51. The molecule has 0 fully saturated rings. The first-order chi connectivity index (χ1) is 8.70. The summed E-state index contributed by atoms with van der Waals surface area (Å²) in [7, 11) is 0. The predicted octanol–water partition coefficient (Wildman–Crippen LogP) is 4.78. The van der Waals surface area contributed by atoms with Crippen LogP contribution in [-0.2, 0) is 6.54 Å². The van der Waals surface area contributed by atoms with Gasteiger partial charge in [0.15, 0.2) is 0 Å². The second-order valence-electron chi connectivity index (χ2n) is 6.63. The highest BCUT2D eigenvalue weighted by Gasteiger charge is 2.18. The summed E-state index contributed by atoms with van der Waals surface area (Å²) >= 11 is 3.63. The average molecular weight is 323 g/mol. The number of benzene rings is 1. The van der Waals surface area contributed by atoms with Crippen LogP contribution in [-0.4, -0.2) is 4.57 Å². The van der Waals surface area contributed by atoms with Gasteiger partial charge in [0.1, 0.15) is 0 Å². The molecule has 0 spiro atoms. The topological polar surface area (TPSA) is 30.9 Å². The highest BCUT2D eigenvalue weighted by Crippen LogP contribution is 2.33. The van der Waals surface area contributed by atoms with E-state index in [1.165, 1.54) is 22.0 Å². The molecule has 0 amide bonds. The van der Waals surface area contributed by atoms with E-state index in [9.17, 15) is 0 Å². The van der Waals surface area contributed by atoms with E-state index in [0.29, 0.717) is 0 Å². The number of aryl methyl sites for hydroxylation is 1. The largest absolute Gasteiger partial charge is 0.346 e. The smallest absolute Gasteiger partial charge is 0.0524 e. The minimum atomic E-state index is 0.0595. The number of nitrogens with zero attached hydrogens (tertiary/aromatic N) is 1. The zero-order chi connectivity index (χ0) is 14.4. The molecule has 1 atom stereocenters. The van der Waals surface area contributed by atoms with Crippen molar-refractivity contribution in [3.05, 3.63) is 33.9 Å². The molecule has 0 saturated carbocycles. The van der Waals surface area contributed by atoms with Gasteiger partial charge >= 0.3 is 0 Å². The number of hydrogen-bond donors (Lipinski definition) is 1. The number of nitrogens with two attached hydrogens (primary N) is 1. The number of rotatable bonds is 2. The average Bonchev–Trinajstić information content (AvgIpc) is 2.61. The summed E-state index contributed by atoms with van der Waals surface area (Å²) in [6.07, 6.45) is 2.22. The van der Waals surface area contributed by atoms with Crippen molar-refractivity contribution in [2.75, 3.05) is 0 Å². The van der Waals surface area contributed by atoms with E-state index in [-0.39, 0.29) is 11.5 Å². The monoisotopic (exact) mass is 322 g/mol. The first kappa shape index (κ1) is 14.6. The molecule has 2 aromatic rings. The number of hydrogen-bond acceptors (Lipinski definition) is 1. The summed E-state index contributed by atoms with van der Waals surface area (Å²) in [4.78, 5) is 0. The second-order valence-corrected chi connectivity index (χ2v) is 7.48. The Morgan fingerprint density at radius 3 is 2.47 bits per heavy atom. The molecule has 104 valence electrons. The Balaban J connectivity index is 2.72. The van der Waals surface area contributed by atoms with Gasteiger partial charge in [0, 0.05) is 28.6 Å². The van der Waals surface area contributed by atoms with Gasteiger partial charge in [-0.05, 0) is 36.5 Å². The van der Waals surface area contributed by atoms with Gasteiger partial charge in [-0.2, -0.15) is 0 Å². The molecule has 0 radical (unpaired) electrons. The fourth-order valence-corrected chi connectivity index (χ4v) is 2.90. The number of fused-ring (bicyclic) bond motifs is 1. The maximum atomic E-state index is 6.12. The van der Waals surface area contributed by atoms with E-state index in [2.05, 4.69) is 66.5 Å². The Hall–Kier alpha value is -0.800. The van der Waals surface area contributed by atoms with Gasteiger partial charge in [-0.25, -0.2) is 0 Å². The van der Waals surface area contributed by atoms with Crippen LogP contribution in [0.25, 0.3) is 10.9 Å². The van der Waals surface area contributed by atoms with E-state index in [1.807, 2.05) is 6.92 Å². The third kappa shape index (κ3) is 2.87. The van der Waals surface area contributed by atoms with Crippen molar-refractivity contribution in [1.29, 1.82) is 0 Å². The Bertz CT molecular complexity index is 603. The third-order valence-electron chi connectivity index (χ3n) is 3.39. The summed E-state index contributed by atoms with van der Waals surface area (Å²) in [5.41, 5.74) is 10.2. The van der Waals surface area contributed by atoms with Crippen molar-refractivity contribution in [1.82, 2.24) is 4.57 Å². The normalized spacial score (nSPS) is 14.1. The molecule has 1 aromatic heterocycles. The Morgan fingerprint density at radius 1 is 1.32 bits per heavy atom.